The lowest BCUT2D eigenvalue weighted by Crippen LogP contribution is -2.46. The van der Waals surface area contributed by atoms with Crippen LogP contribution < -0.4 is 0 Å². The molecule has 0 aromatic carbocycles. The molecule has 2 unspecified atom stereocenters. The van der Waals surface area contributed by atoms with Crippen LogP contribution in [0, 0.1) is 11.3 Å². The summed E-state index contributed by atoms with van der Waals surface area (Å²) < 4.78 is 11.7. The van der Waals surface area contributed by atoms with E-state index in [2.05, 4.69) is 0 Å². The third-order valence-electron chi connectivity index (χ3n) is 3.75. The number of carboxylic acids is 1. The first-order chi connectivity index (χ1) is 7.40. The van der Waals surface area contributed by atoms with Gasteiger partial charge in [-0.2, -0.15) is 0 Å². The standard InChI is InChI=1S/C13H24O4/c1-8(11(2,3)10(14)15)9-12(4,5)17-13(6,7)16-9/h8-9H,1-7H3,(H,14,15). The highest BCUT2D eigenvalue weighted by molar-refractivity contribution is 5.74. The fourth-order valence-corrected chi connectivity index (χ4v) is 2.44. The minimum atomic E-state index is -0.842. The molecule has 2 atom stereocenters. The van der Waals surface area contributed by atoms with Gasteiger partial charge in [-0.25, -0.2) is 0 Å². The topological polar surface area (TPSA) is 55.8 Å². The molecule has 1 rings (SSSR count). The van der Waals surface area contributed by atoms with Crippen LogP contribution in [0.4, 0.5) is 0 Å². The molecule has 1 aliphatic heterocycles. The van der Waals surface area contributed by atoms with Crippen molar-refractivity contribution in [3.05, 3.63) is 0 Å². The summed E-state index contributed by atoms with van der Waals surface area (Å²) in [6, 6.07) is 0. The van der Waals surface area contributed by atoms with Crippen molar-refractivity contribution >= 4 is 5.97 Å². The number of hydrogen-bond donors (Lipinski definition) is 1. The smallest absolute Gasteiger partial charge is 0.309 e. The SMILES string of the molecule is CC(C1OC(C)(C)OC1(C)C)C(C)(C)C(=O)O. The van der Waals surface area contributed by atoms with Crippen LogP contribution in [0.2, 0.25) is 0 Å². The Kier molecular flexibility index (Phi) is 3.36. The maximum atomic E-state index is 11.3. The molecular weight excluding hydrogens is 220 g/mol. The molecule has 1 heterocycles. The quantitative estimate of drug-likeness (QED) is 0.829. The number of carbonyl (C=O) groups is 1. The Balaban J connectivity index is 2.98. The van der Waals surface area contributed by atoms with Crippen molar-refractivity contribution in [1.29, 1.82) is 0 Å². The molecule has 1 fully saturated rings. The van der Waals surface area contributed by atoms with Gasteiger partial charge in [0.05, 0.1) is 17.1 Å². The van der Waals surface area contributed by atoms with Crippen LogP contribution in [-0.2, 0) is 14.3 Å². The lowest BCUT2D eigenvalue weighted by molar-refractivity contribution is -0.166. The van der Waals surface area contributed by atoms with E-state index in [4.69, 9.17) is 9.47 Å². The highest BCUT2D eigenvalue weighted by Gasteiger charge is 2.53. The number of ether oxygens (including phenoxy) is 2. The van der Waals surface area contributed by atoms with Crippen molar-refractivity contribution in [2.75, 3.05) is 0 Å². The Morgan fingerprint density at radius 2 is 1.76 bits per heavy atom. The van der Waals surface area contributed by atoms with Crippen molar-refractivity contribution in [2.24, 2.45) is 11.3 Å². The van der Waals surface area contributed by atoms with Crippen LogP contribution in [0.5, 0.6) is 0 Å². The van der Waals surface area contributed by atoms with Gasteiger partial charge in [-0.05, 0) is 41.5 Å². The molecule has 100 valence electrons. The summed E-state index contributed by atoms with van der Waals surface area (Å²) in [7, 11) is 0. The van der Waals surface area contributed by atoms with E-state index in [1.807, 2.05) is 34.6 Å². The minimum absolute atomic E-state index is 0.142. The van der Waals surface area contributed by atoms with E-state index in [0.717, 1.165) is 0 Å². The lowest BCUT2D eigenvalue weighted by atomic mass is 9.73. The first-order valence-electron chi connectivity index (χ1n) is 6.01. The fraction of sp³-hybridized carbons (Fsp3) is 0.923. The zero-order chi connectivity index (χ0) is 13.6. The maximum Gasteiger partial charge on any atom is 0.309 e. The summed E-state index contributed by atoms with van der Waals surface area (Å²) >= 11 is 0. The summed E-state index contributed by atoms with van der Waals surface area (Å²) in [5.74, 6) is -1.61. The van der Waals surface area contributed by atoms with Crippen LogP contribution in [0.3, 0.4) is 0 Å². The van der Waals surface area contributed by atoms with Gasteiger partial charge in [0.1, 0.15) is 0 Å². The van der Waals surface area contributed by atoms with Gasteiger partial charge in [0.15, 0.2) is 5.79 Å². The molecule has 0 aliphatic carbocycles. The number of rotatable bonds is 3. The van der Waals surface area contributed by atoms with Gasteiger partial charge in [0.25, 0.3) is 0 Å². The highest BCUT2D eigenvalue weighted by atomic mass is 16.8. The van der Waals surface area contributed by atoms with Crippen LogP contribution in [0.15, 0.2) is 0 Å². The van der Waals surface area contributed by atoms with Crippen molar-refractivity contribution in [3.63, 3.8) is 0 Å². The van der Waals surface area contributed by atoms with Gasteiger partial charge in [0, 0.05) is 5.92 Å². The molecule has 0 amide bonds. The van der Waals surface area contributed by atoms with Gasteiger partial charge in [-0.15, -0.1) is 0 Å². The monoisotopic (exact) mass is 244 g/mol. The molecule has 17 heavy (non-hydrogen) atoms. The molecule has 0 spiro atoms. The Labute approximate surface area is 103 Å². The van der Waals surface area contributed by atoms with Crippen molar-refractivity contribution in [1.82, 2.24) is 0 Å². The Bertz CT molecular complexity index is 317. The van der Waals surface area contributed by atoms with E-state index in [1.165, 1.54) is 0 Å². The van der Waals surface area contributed by atoms with E-state index in [9.17, 15) is 9.90 Å². The van der Waals surface area contributed by atoms with Crippen molar-refractivity contribution in [3.8, 4) is 0 Å². The first kappa shape index (κ1) is 14.5. The molecule has 1 N–H and O–H groups in total. The van der Waals surface area contributed by atoms with Crippen molar-refractivity contribution in [2.45, 2.75) is 66.0 Å². The molecule has 1 aliphatic rings. The lowest BCUT2D eigenvalue weighted by Gasteiger charge is -2.36. The van der Waals surface area contributed by atoms with E-state index >= 15 is 0 Å². The third kappa shape index (κ3) is 2.63. The van der Waals surface area contributed by atoms with Crippen molar-refractivity contribution < 1.29 is 19.4 Å². The molecule has 4 heteroatoms. The van der Waals surface area contributed by atoms with Gasteiger partial charge in [-0.1, -0.05) is 6.92 Å². The maximum absolute atomic E-state index is 11.3. The van der Waals surface area contributed by atoms with Crippen LogP contribution in [0.1, 0.15) is 48.5 Å². The highest BCUT2D eigenvalue weighted by Crippen LogP contribution is 2.44. The largest absolute Gasteiger partial charge is 0.481 e. The zero-order valence-electron chi connectivity index (χ0n) is 11.8. The van der Waals surface area contributed by atoms with Gasteiger partial charge >= 0.3 is 5.97 Å². The Morgan fingerprint density at radius 1 is 1.29 bits per heavy atom. The average Bonchev–Trinajstić information content (AvgIpc) is 2.32. The summed E-state index contributed by atoms with van der Waals surface area (Å²) in [6.45, 7) is 13.0. The average molecular weight is 244 g/mol. The fourth-order valence-electron chi connectivity index (χ4n) is 2.44. The van der Waals surface area contributed by atoms with Crippen LogP contribution in [-0.4, -0.2) is 28.6 Å². The normalized spacial score (nSPS) is 29.0. The predicted molar refractivity (Wildman–Crippen MR) is 64.7 cm³/mol. The molecular formula is C13H24O4. The molecule has 0 bridgehead atoms. The second-order valence-corrected chi connectivity index (χ2v) is 6.46. The predicted octanol–water partition coefficient (Wildman–Crippen LogP) is 2.66. The Hall–Kier alpha value is -0.610. The summed E-state index contributed by atoms with van der Waals surface area (Å²) in [5.41, 5.74) is -1.32. The molecule has 0 aromatic heterocycles. The number of aliphatic carboxylic acids is 1. The first-order valence-corrected chi connectivity index (χ1v) is 6.01. The van der Waals surface area contributed by atoms with Crippen LogP contribution >= 0.6 is 0 Å². The second kappa shape index (κ2) is 3.95. The Morgan fingerprint density at radius 3 is 2.06 bits per heavy atom. The summed E-state index contributed by atoms with van der Waals surface area (Å²) in [4.78, 5) is 11.3. The minimum Gasteiger partial charge on any atom is -0.481 e. The molecule has 0 saturated carbocycles. The number of hydrogen-bond acceptors (Lipinski definition) is 3. The van der Waals surface area contributed by atoms with Crippen LogP contribution in [0.25, 0.3) is 0 Å². The summed E-state index contributed by atoms with van der Waals surface area (Å²) in [5, 5.41) is 9.28. The van der Waals surface area contributed by atoms with Gasteiger partial charge in [0.2, 0.25) is 0 Å². The van der Waals surface area contributed by atoms with E-state index in [-0.39, 0.29) is 12.0 Å². The molecule has 4 nitrogen and oxygen atoms in total. The van der Waals surface area contributed by atoms with E-state index in [0.29, 0.717) is 0 Å². The molecule has 0 radical (unpaired) electrons. The van der Waals surface area contributed by atoms with E-state index in [1.54, 1.807) is 13.8 Å². The summed E-state index contributed by atoms with van der Waals surface area (Å²) in [6.07, 6.45) is -0.233. The zero-order valence-corrected chi connectivity index (χ0v) is 11.8. The third-order valence-corrected chi connectivity index (χ3v) is 3.75. The number of carboxylic acid groups (broad SMARTS) is 1. The van der Waals surface area contributed by atoms with Gasteiger partial charge < -0.3 is 14.6 Å². The second-order valence-electron chi connectivity index (χ2n) is 6.46. The van der Waals surface area contributed by atoms with Gasteiger partial charge in [-0.3, -0.25) is 4.79 Å². The molecule has 1 saturated heterocycles. The molecule has 0 aromatic rings. The van der Waals surface area contributed by atoms with E-state index < -0.39 is 22.8 Å².